The summed E-state index contributed by atoms with van der Waals surface area (Å²) in [6, 6.07) is 19.3. The molecule has 0 spiro atoms. The van der Waals surface area contributed by atoms with Gasteiger partial charge in [0, 0.05) is 10.6 Å². The number of carbonyl (C=O) groups excluding carboxylic acids is 1. The van der Waals surface area contributed by atoms with E-state index in [0.717, 1.165) is 21.9 Å². The van der Waals surface area contributed by atoms with Gasteiger partial charge in [-0.2, -0.15) is 5.10 Å². The zero-order valence-electron chi connectivity index (χ0n) is 16.6. The van der Waals surface area contributed by atoms with Crippen molar-refractivity contribution in [2.24, 2.45) is 5.10 Å². The quantitative estimate of drug-likeness (QED) is 0.418. The number of nitrogens with one attached hydrogen (secondary N) is 1. The van der Waals surface area contributed by atoms with E-state index in [1.54, 1.807) is 27.0 Å². The zero-order valence-corrected chi connectivity index (χ0v) is 17.4. The summed E-state index contributed by atoms with van der Waals surface area (Å²) >= 11 is 5.94. The fourth-order valence-electron chi connectivity index (χ4n) is 2.73. The van der Waals surface area contributed by atoms with Crippen LogP contribution >= 0.6 is 11.6 Å². The van der Waals surface area contributed by atoms with Crippen LogP contribution in [0.3, 0.4) is 0 Å². The molecule has 0 atom stereocenters. The minimum Gasteiger partial charge on any atom is -0.488 e. The Bertz CT molecular complexity index is 1020. The third-order valence-electron chi connectivity index (χ3n) is 3.99. The van der Waals surface area contributed by atoms with Crippen molar-refractivity contribution in [3.05, 3.63) is 76.8 Å². The van der Waals surface area contributed by atoms with Crippen LogP contribution in [0.5, 0.6) is 5.75 Å². The van der Waals surface area contributed by atoms with Crippen LogP contribution in [0.15, 0.2) is 65.8 Å². The number of carbonyl (C=O) groups is 1. The monoisotopic (exact) mass is 410 g/mol. The van der Waals surface area contributed by atoms with Gasteiger partial charge < -0.3 is 9.47 Å². The molecular formula is C23H23ClN2O3. The Balaban J connectivity index is 1.82. The molecule has 6 heteroatoms. The number of hydrogen-bond donors (Lipinski definition) is 1. The number of ether oxygens (including phenoxy) is 2. The highest BCUT2D eigenvalue weighted by molar-refractivity contribution is 6.30. The van der Waals surface area contributed by atoms with Gasteiger partial charge in [-0.3, -0.25) is 0 Å². The first-order valence-corrected chi connectivity index (χ1v) is 9.61. The molecule has 0 saturated carbocycles. The number of amides is 1. The summed E-state index contributed by atoms with van der Waals surface area (Å²) < 4.78 is 11.2. The van der Waals surface area contributed by atoms with Crippen molar-refractivity contribution in [1.82, 2.24) is 5.43 Å². The summed E-state index contributed by atoms with van der Waals surface area (Å²) in [7, 11) is 0. The average Bonchev–Trinajstić information content (AvgIpc) is 2.67. The minimum atomic E-state index is -0.613. The standard InChI is InChI=1S/C23H23ClN2O3/c1-23(2,3)29-22(27)26-25-14-20-19-7-5-4-6-17(19)10-13-21(20)28-15-16-8-11-18(24)12-9-16/h4-14H,15H2,1-3H3,(H,26,27)/b25-14-. The number of rotatable bonds is 5. The Hall–Kier alpha value is -3.05. The normalized spacial score (nSPS) is 11.6. The lowest BCUT2D eigenvalue weighted by molar-refractivity contribution is 0.0529. The fourth-order valence-corrected chi connectivity index (χ4v) is 2.85. The van der Waals surface area contributed by atoms with Gasteiger partial charge in [-0.25, -0.2) is 10.2 Å². The predicted octanol–water partition coefficient (Wildman–Crippen LogP) is 5.93. The van der Waals surface area contributed by atoms with Gasteiger partial charge in [-0.15, -0.1) is 0 Å². The molecule has 0 unspecified atom stereocenters. The van der Waals surface area contributed by atoms with E-state index in [9.17, 15) is 4.79 Å². The topological polar surface area (TPSA) is 59.9 Å². The molecule has 1 N–H and O–H groups in total. The maximum atomic E-state index is 11.8. The van der Waals surface area contributed by atoms with Gasteiger partial charge in [-0.1, -0.05) is 54.1 Å². The Morgan fingerprint density at radius 2 is 1.79 bits per heavy atom. The zero-order chi connectivity index (χ0) is 20.9. The second-order valence-corrected chi connectivity index (χ2v) is 7.92. The highest BCUT2D eigenvalue weighted by atomic mass is 35.5. The molecule has 0 saturated heterocycles. The van der Waals surface area contributed by atoms with Crippen LogP contribution in [0, 0.1) is 0 Å². The van der Waals surface area contributed by atoms with E-state index in [0.29, 0.717) is 17.4 Å². The first-order chi connectivity index (χ1) is 13.8. The molecule has 0 aliphatic rings. The number of benzene rings is 3. The van der Waals surface area contributed by atoms with Crippen LogP contribution in [0.2, 0.25) is 5.02 Å². The highest BCUT2D eigenvalue weighted by Gasteiger charge is 2.15. The molecule has 3 rings (SSSR count). The molecule has 29 heavy (non-hydrogen) atoms. The van der Waals surface area contributed by atoms with Gasteiger partial charge in [0.05, 0.1) is 6.21 Å². The van der Waals surface area contributed by atoms with Gasteiger partial charge in [0.2, 0.25) is 0 Å². The SMILES string of the molecule is CC(C)(C)OC(=O)N/N=C\c1c(OCc2ccc(Cl)cc2)ccc2ccccc12. The molecule has 5 nitrogen and oxygen atoms in total. The molecule has 0 fully saturated rings. The van der Waals surface area contributed by atoms with Crippen molar-refractivity contribution in [2.45, 2.75) is 33.0 Å². The number of nitrogens with zero attached hydrogens (tertiary/aromatic N) is 1. The second kappa shape index (κ2) is 8.97. The van der Waals surface area contributed by atoms with Crippen molar-refractivity contribution in [1.29, 1.82) is 0 Å². The van der Waals surface area contributed by atoms with Crippen LogP contribution in [0.4, 0.5) is 4.79 Å². The Morgan fingerprint density at radius 1 is 1.07 bits per heavy atom. The Labute approximate surface area is 175 Å². The molecule has 0 bridgehead atoms. The van der Waals surface area contributed by atoms with Gasteiger partial charge in [-0.05, 0) is 55.3 Å². The number of halogens is 1. The van der Waals surface area contributed by atoms with Gasteiger partial charge in [0.25, 0.3) is 0 Å². The average molecular weight is 411 g/mol. The Kier molecular flexibility index (Phi) is 6.39. The summed E-state index contributed by atoms with van der Waals surface area (Å²) in [6.45, 7) is 5.77. The molecule has 0 radical (unpaired) electrons. The largest absolute Gasteiger partial charge is 0.488 e. The molecule has 0 aliphatic heterocycles. The van der Waals surface area contributed by atoms with E-state index >= 15 is 0 Å². The lowest BCUT2D eigenvalue weighted by Gasteiger charge is -2.18. The summed E-state index contributed by atoms with van der Waals surface area (Å²) in [6.07, 6.45) is 0.960. The number of hydrogen-bond acceptors (Lipinski definition) is 4. The van der Waals surface area contributed by atoms with Gasteiger partial charge in [0.15, 0.2) is 0 Å². The number of hydrazone groups is 1. The van der Waals surface area contributed by atoms with Crippen molar-refractivity contribution >= 4 is 34.7 Å². The molecular weight excluding hydrogens is 388 g/mol. The first-order valence-electron chi connectivity index (χ1n) is 9.23. The van der Waals surface area contributed by atoms with Crippen LogP contribution in [-0.2, 0) is 11.3 Å². The third-order valence-corrected chi connectivity index (χ3v) is 4.24. The number of fused-ring (bicyclic) bond motifs is 1. The van der Waals surface area contributed by atoms with E-state index in [1.165, 1.54) is 0 Å². The van der Waals surface area contributed by atoms with E-state index in [1.807, 2.05) is 60.7 Å². The minimum absolute atomic E-state index is 0.385. The molecule has 3 aromatic rings. The molecule has 0 heterocycles. The van der Waals surface area contributed by atoms with E-state index in [2.05, 4.69) is 10.5 Å². The van der Waals surface area contributed by atoms with E-state index in [4.69, 9.17) is 21.1 Å². The lowest BCUT2D eigenvalue weighted by Crippen LogP contribution is -2.29. The van der Waals surface area contributed by atoms with Crippen LogP contribution < -0.4 is 10.2 Å². The lowest BCUT2D eigenvalue weighted by atomic mass is 10.0. The van der Waals surface area contributed by atoms with E-state index in [-0.39, 0.29) is 0 Å². The molecule has 0 aliphatic carbocycles. The smallest absolute Gasteiger partial charge is 0.428 e. The molecule has 0 aromatic heterocycles. The van der Waals surface area contributed by atoms with E-state index < -0.39 is 11.7 Å². The Morgan fingerprint density at radius 3 is 2.52 bits per heavy atom. The summed E-state index contributed by atoms with van der Waals surface area (Å²) in [5, 5.41) is 6.75. The van der Waals surface area contributed by atoms with Crippen molar-refractivity contribution in [2.75, 3.05) is 0 Å². The van der Waals surface area contributed by atoms with Gasteiger partial charge in [0.1, 0.15) is 18.0 Å². The summed E-state index contributed by atoms with van der Waals surface area (Å²) in [5.41, 5.74) is 3.58. The molecule has 3 aromatic carbocycles. The van der Waals surface area contributed by atoms with Crippen LogP contribution in [0.1, 0.15) is 31.9 Å². The second-order valence-electron chi connectivity index (χ2n) is 7.49. The van der Waals surface area contributed by atoms with Crippen molar-refractivity contribution in [3.63, 3.8) is 0 Å². The van der Waals surface area contributed by atoms with Gasteiger partial charge >= 0.3 is 6.09 Å². The summed E-state index contributed by atoms with van der Waals surface area (Å²) in [4.78, 5) is 11.8. The third kappa shape index (κ3) is 5.96. The molecule has 150 valence electrons. The van der Waals surface area contributed by atoms with Crippen LogP contribution in [-0.4, -0.2) is 17.9 Å². The first kappa shape index (κ1) is 20.7. The maximum Gasteiger partial charge on any atom is 0.428 e. The van der Waals surface area contributed by atoms with Crippen LogP contribution in [0.25, 0.3) is 10.8 Å². The fraction of sp³-hybridized carbons (Fsp3) is 0.217. The van der Waals surface area contributed by atoms with Crippen molar-refractivity contribution in [3.8, 4) is 5.75 Å². The maximum absolute atomic E-state index is 11.8. The molecule has 1 amide bonds. The van der Waals surface area contributed by atoms with Crippen molar-refractivity contribution < 1.29 is 14.3 Å². The summed E-state index contributed by atoms with van der Waals surface area (Å²) in [5.74, 6) is 0.661. The highest BCUT2D eigenvalue weighted by Crippen LogP contribution is 2.27. The predicted molar refractivity (Wildman–Crippen MR) is 117 cm³/mol.